The van der Waals surface area contributed by atoms with Gasteiger partial charge in [0.25, 0.3) is 5.97 Å². The first-order valence-electron chi connectivity index (χ1n) is 3.92. The maximum Gasteiger partial charge on any atom is 0.330 e. The third-order valence-electron chi connectivity index (χ3n) is 1.53. The lowest BCUT2D eigenvalue weighted by atomic mass is 10.3. The zero-order valence-corrected chi connectivity index (χ0v) is 9.85. The van der Waals surface area contributed by atoms with Crippen molar-refractivity contribution < 1.29 is 27.6 Å². The first kappa shape index (κ1) is 12.3. The Labute approximate surface area is 82.8 Å². The Morgan fingerprint density at radius 1 is 1.29 bits per heavy atom. The molecular formula is C5H13NO6P2. The van der Waals surface area contributed by atoms with Crippen LogP contribution in [0.15, 0.2) is 0 Å². The first-order valence-corrected chi connectivity index (χ1v) is 6.37. The molecule has 2 unspecified atom stereocenters. The summed E-state index contributed by atoms with van der Waals surface area (Å²) in [6, 6.07) is 0. The van der Waals surface area contributed by atoms with E-state index in [0.29, 0.717) is 6.54 Å². The van der Waals surface area contributed by atoms with E-state index in [-0.39, 0.29) is 6.42 Å². The smallest absolute Gasteiger partial charge is 0.330 e. The Morgan fingerprint density at radius 3 is 2.21 bits per heavy atom. The third-order valence-corrected chi connectivity index (χ3v) is 3.83. The van der Waals surface area contributed by atoms with Crippen LogP contribution in [-0.2, 0) is 22.5 Å². The molecule has 1 rings (SSSR count). The summed E-state index contributed by atoms with van der Waals surface area (Å²) in [6.45, 7) is 0.445. The van der Waals surface area contributed by atoms with Gasteiger partial charge in [-0.1, -0.05) is 0 Å². The van der Waals surface area contributed by atoms with Crippen LogP contribution < -0.4 is 0 Å². The molecule has 0 spiro atoms. The second kappa shape index (κ2) is 4.86. The van der Waals surface area contributed by atoms with Gasteiger partial charge in [-0.25, -0.2) is 4.31 Å². The second-order valence-corrected chi connectivity index (χ2v) is 5.30. The van der Waals surface area contributed by atoms with Crippen molar-refractivity contribution in [3.8, 4) is 0 Å². The van der Waals surface area contributed by atoms with E-state index < -0.39 is 22.5 Å². The molecule has 14 heavy (non-hydrogen) atoms. The van der Waals surface area contributed by atoms with Gasteiger partial charge in [0.15, 0.2) is 0 Å². The lowest BCUT2D eigenvalue weighted by Crippen LogP contribution is -2.36. The zero-order valence-electron chi connectivity index (χ0n) is 7.85. The Kier molecular flexibility index (Phi) is 4.28. The molecule has 0 saturated carbocycles. The highest BCUT2D eigenvalue weighted by Crippen LogP contribution is 2.51. The summed E-state index contributed by atoms with van der Waals surface area (Å²) in [5.41, 5.74) is 0. The summed E-state index contributed by atoms with van der Waals surface area (Å²) < 4.78 is 35.1. The summed E-state index contributed by atoms with van der Waals surface area (Å²) in [6.07, 6.45) is 0.0518. The molecule has 9 heteroatoms. The third kappa shape index (κ3) is 3.79. The summed E-state index contributed by atoms with van der Waals surface area (Å²) in [7, 11) is -2.24. The quantitative estimate of drug-likeness (QED) is 0.721. The molecule has 0 aromatic heterocycles. The fourth-order valence-electron chi connectivity index (χ4n) is 0.858. The number of aliphatic hydroxyl groups is 1. The number of nitrogens with zero attached hydrogens (tertiary/aromatic N) is 1. The van der Waals surface area contributed by atoms with E-state index in [4.69, 9.17) is 0 Å². The number of rotatable bonds is 3. The SMILES string of the molecule is CN(C)CCC1(O)O[PH](=O)O[PH](=O)O1. The van der Waals surface area contributed by atoms with Gasteiger partial charge in [-0.2, -0.15) is 0 Å². The molecule has 0 bridgehead atoms. The van der Waals surface area contributed by atoms with E-state index in [0.717, 1.165) is 0 Å². The van der Waals surface area contributed by atoms with Crippen LogP contribution in [0.3, 0.4) is 0 Å². The van der Waals surface area contributed by atoms with E-state index in [1.807, 2.05) is 0 Å². The highest BCUT2D eigenvalue weighted by molar-refractivity contribution is 7.48. The van der Waals surface area contributed by atoms with E-state index in [1.54, 1.807) is 19.0 Å². The minimum Gasteiger partial charge on any atom is -0.343 e. The summed E-state index contributed by atoms with van der Waals surface area (Å²) in [5.74, 6) is -2.05. The van der Waals surface area contributed by atoms with Crippen molar-refractivity contribution >= 4 is 16.5 Å². The molecule has 1 fully saturated rings. The van der Waals surface area contributed by atoms with Gasteiger partial charge in [-0.05, 0) is 14.1 Å². The fourth-order valence-corrected chi connectivity index (χ4v) is 2.63. The number of hydrogen-bond donors (Lipinski definition) is 1. The van der Waals surface area contributed by atoms with Crippen molar-refractivity contribution in [2.24, 2.45) is 0 Å². The average Bonchev–Trinajstić information content (AvgIpc) is 1.98. The van der Waals surface area contributed by atoms with Crippen LogP contribution >= 0.6 is 16.5 Å². The van der Waals surface area contributed by atoms with E-state index >= 15 is 0 Å². The summed E-state index contributed by atoms with van der Waals surface area (Å²) in [4.78, 5) is 1.77. The van der Waals surface area contributed by atoms with Gasteiger partial charge in [-0.3, -0.25) is 18.2 Å². The topological polar surface area (TPSA) is 85.3 Å². The van der Waals surface area contributed by atoms with Gasteiger partial charge in [0, 0.05) is 13.0 Å². The predicted octanol–water partition coefficient (Wildman–Crippen LogP) is 0.427. The molecule has 0 radical (unpaired) electrons. The predicted molar refractivity (Wildman–Crippen MR) is 49.4 cm³/mol. The first-order chi connectivity index (χ1) is 6.41. The Morgan fingerprint density at radius 2 is 1.79 bits per heavy atom. The van der Waals surface area contributed by atoms with E-state index in [1.165, 1.54) is 0 Å². The van der Waals surface area contributed by atoms with E-state index in [9.17, 15) is 14.2 Å². The van der Waals surface area contributed by atoms with Crippen molar-refractivity contribution in [1.29, 1.82) is 0 Å². The van der Waals surface area contributed by atoms with Gasteiger partial charge < -0.3 is 10.0 Å². The van der Waals surface area contributed by atoms with Crippen molar-refractivity contribution in [3.63, 3.8) is 0 Å². The molecular weight excluding hydrogens is 232 g/mol. The molecule has 0 aromatic rings. The molecule has 0 aliphatic carbocycles. The van der Waals surface area contributed by atoms with Crippen LogP contribution in [0.1, 0.15) is 6.42 Å². The fraction of sp³-hybridized carbons (Fsp3) is 1.00. The molecule has 7 nitrogen and oxygen atoms in total. The number of hydrogen-bond acceptors (Lipinski definition) is 7. The lowest BCUT2D eigenvalue weighted by Gasteiger charge is -2.30. The lowest BCUT2D eigenvalue weighted by molar-refractivity contribution is -0.284. The van der Waals surface area contributed by atoms with Gasteiger partial charge in [0.2, 0.25) is 0 Å². The maximum atomic E-state index is 10.8. The minimum absolute atomic E-state index is 0.0518. The van der Waals surface area contributed by atoms with Crippen LogP contribution in [0, 0.1) is 0 Å². The van der Waals surface area contributed by atoms with Crippen LogP contribution in [0.4, 0.5) is 0 Å². The molecule has 1 aliphatic rings. The van der Waals surface area contributed by atoms with Crippen molar-refractivity contribution in [2.45, 2.75) is 12.4 Å². The molecule has 1 N–H and O–H groups in total. The molecule has 1 saturated heterocycles. The van der Waals surface area contributed by atoms with Gasteiger partial charge in [0.05, 0.1) is 0 Å². The molecule has 1 heterocycles. The van der Waals surface area contributed by atoms with E-state index in [2.05, 4.69) is 13.4 Å². The van der Waals surface area contributed by atoms with Crippen LogP contribution in [0.25, 0.3) is 0 Å². The second-order valence-electron chi connectivity index (χ2n) is 3.07. The molecule has 84 valence electrons. The maximum absolute atomic E-state index is 10.8. The highest BCUT2D eigenvalue weighted by atomic mass is 31.2. The molecule has 1 aliphatic heterocycles. The van der Waals surface area contributed by atoms with Crippen molar-refractivity contribution in [3.05, 3.63) is 0 Å². The van der Waals surface area contributed by atoms with Gasteiger partial charge in [-0.15, -0.1) is 0 Å². The Bertz CT molecular complexity index is 241. The summed E-state index contributed by atoms with van der Waals surface area (Å²) in [5, 5.41) is 9.56. The Hall–Kier alpha value is 0.260. The van der Waals surface area contributed by atoms with Gasteiger partial charge in [0.1, 0.15) is 0 Å². The minimum atomic E-state index is -2.91. The van der Waals surface area contributed by atoms with Crippen LogP contribution in [0.5, 0.6) is 0 Å². The molecule has 0 amide bonds. The van der Waals surface area contributed by atoms with Crippen LogP contribution in [0.2, 0.25) is 0 Å². The standard InChI is InChI=1S/C5H13NO6P2/c1-6(2)4-3-5(7)10-13(8)12-14(9)11-5/h7,13-14H,3-4H2,1-2H3. The highest BCUT2D eigenvalue weighted by Gasteiger charge is 2.39. The van der Waals surface area contributed by atoms with Crippen LogP contribution in [-0.4, -0.2) is 36.6 Å². The normalized spacial score (nSPS) is 38.9. The average molecular weight is 245 g/mol. The molecule has 0 aromatic carbocycles. The molecule has 2 atom stereocenters. The summed E-state index contributed by atoms with van der Waals surface area (Å²) >= 11 is 0. The zero-order chi connectivity index (χ0) is 10.8. The van der Waals surface area contributed by atoms with Crippen molar-refractivity contribution in [1.82, 2.24) is 4.90 Å². The van der Waals surface area contributed by atoms with Crippen molar-refractivity contribution in [2.75, 3.05) is 20.6 Å². The Balaban J connectivity index is 2.54. The monoisotopic (exact) mass is 245 g/mol. The van der Waals surface area contributed by atoms with Gasteiger partial charge >= 0.3 is 16.5 Å². The largest absolute Gasteiger partial charge is 0.343 e.